The molecule has 27 heavy (non-hydrogen) atoms. The summed E-state index contributed by atoms with van der Waals surface area (Å²) >= 11 is 3.77. The van der Waals surface area contributed by atoms with Crippen LogP contribution in [0.4, 0.5) is 0 Å². The van der Waals surface area contributed by atoms with E-state index < -0.39 is 5.97 Å². The number of aromatic nitrogens is 2. The van der Waals surface area contributed by atoms with E-state index in [-0.39, 0.29) is 6.61 Å². The summed E-state index contributed by atoms with van der Waals surface area (Å²) in [5.74, 6) is 0.200. The number of halogens is 1. The van der Waals surface area contributed by atoms with Gasteiger partial charge in [-0.05, 0) is 59.9 Å². The molecule has 1 aromatic carbocycles. The van der Waals surface area contributed by atoms with Crippen LogP contribution in [-0.4, -0.2) is 34.1 Å². The number of carboxylic acids is 1. The van der Waals surface area contributed by atoms with Crippen LogP contribution in [0.15, 0.2) is 34.8 Å². The molecule has 0 radical (unpaired) electrons. The number of benzene rings is 1. The van der Waals surface area contributed by atoms with Gasteiger partial charge in [-0.3, -0.25) is 4.68 Å². The summed E-state index contributed by atoms with van der Waals surface area (Å²) in [6, 6.07) is 10.3. The molecule has 0 spiro atoms. The molecule has 2 aromatic rings. The van der Waals surface area contributed by atoms with Gasteiger partial charge in [-0.25, -0.2) is 4.79 Å². The largest absolute Gasteiger partial charge is 0.480 e. The van der Waals surface area contributed by atoms with Crippen LogP contribution in [0.2, 0.25) is 0 Å². The van der Waals surface area contributed by atoms with Gasteiger partial charge in [0.2, 0.25) is 0 Å². The van der Waals surface area contributed by atoms with E-state index in [1.165, 1.54) is 5.69 Å². The average Bonchev–Trinajstić information content (AvgIpc) is 2.99. The highest BCUT2D eigenvalue weighted by Gasteiger charge is 2.24. The van der Waals surface area contributed by atoms with Crippen molar-refractivity contribution in [1.82, 2.24) is 9.78 Å². The number of ether oxygens (including phenoxy) is 1. The van der Waals surface area contributed by atoms with Gasteiger partial charge in [-0.1, -0.05) is 37.3 Å². The van der Waals surface area contributed by atoms with E-state index in [0.29, 0.717) is 18.4 Å². The fourth-order valence-corrected chi connectivity index (χ4v) is 4.68. The van der Waals surface area contributed by atoms with E-state index in [0.717, 1.165) is 54.4 Å². The van der Waals surface area contributed by atoms with E-state index in [4.69, 9.17) is 14.9 Å². The molecule has 0 aliphatic heterocycles. The Hall–Kier alpha value is -1.66. The first-order chi connectivity index (χ1) is 13.1. The quantitative estimate of drug-likeness (QED) is 0.648. The van der Waals surface area contributed by atoms with Gasteiger partial charge in [-0.2, -0.15) is 5.10 Å². The Balaban J connectivity index is 1.61. The Kier molecular flexibility index (Phi) is 7.07. The third kappa shape index (κ3) is 5.20. The van der Waals surface area contributed by atoms with Crippen LogP contribution in [0.1, 0.15) is 38.3 Å². The van der Waals surface area contributed by atoms with Crippen molar-refractivity contribution < 1.29 is 14.6 Å². The number of aliphatic carboxylic acids is 1. The molecule has 1 saturated carbocycles. The van der Waals surface area contributed by atoms with Crippen molar-refractivity contribution in [2.24, 2.45) is 11.8 Å². The highest BCUT2D eigenvalue weighted by atomic mass is 79.9. The lowest BCUT2D eigenvalue weighted by atomic mass is 9.82. The zero-order valence-corrected chi connectivity index (χ0v) is 17.3. The van der Waals surface area contributed by atoms with Gasteiger partial charge in [0.25, 0.3) is 0 Å². The molecule has 0 unspecified atom stereocenters. The molecule has 0 atom stereocenters. The molecule has 0 bridgehead atoms. The monoisotopic (exact) mass is 434 g/mol. The summed E-state index contributed by atoms with van der Waals surface area (Å²) in [6.07, 6.45) is 5.42. The first-order valence-corrected chi connectivity index (χ1v) is 10.5. The summed E-state index contributed by atoms with van der Waals surface area (Å²) in [5, 5.41) is 13.6. The van der Waals surface area contributed by atoms with E-state index in [1.807, 2.05) is 18.2 Å². The minimum atomic E-state index is -0.894. The molecule has 1 aromatic heterocycles. The number of rotatable bonds is 8. The van der Waals surface area contributed by atoms with Crippen LogP contribution < -0.4 is 0 Å². The van der Waals surface area contributed by atoms with Crippen LogP contribution in [-0.2, 0) is 22.5 Å². The van der Waals surface area contributed by atoms with Crippen molar-refractivity contribution >= 4 is 21.9 Å². The standard InChI is InChI=1S/C21H27BrN2O3/c1-2-18-20(22)21(17-6-4-3-5-7-17)23-24(18)12-15-8-10-16(11-9-15)13-27-14-19(25)26/h3-7,15-16H,2,8-14H2,1H3,(H,25,26). The second kappa shape index (κ2) is 9.51. The van der Waals surface area contributed by atoms with Crippen LogP contribution in [0, 0.1) is 11.8 Å². The van der Waals surface area contributed by atoms with Gasteiger partial charge in [-0.15, -0.1) is 0 Å². The molecule has 1 fully saturated rings. The normalized spacial score (nSPS) is 19.9. The minimum Gasteiger partial charge on any atom is -0.480 e. The molecule has 0 amide bonds. The topological polar surface area (TPSA) is 64.4 Å². The van der Waals surface area contributed by atoms with Gasteiger partial charge < -0.3 is 9.84 Å². The zero-order valence-electron chi connectivity index (χ0n) is 15.7. The van der Waals surface area contributed by atoms with Gasteiger partial charge in [0, 0.05) is 12.1 Å². The maximum atomic E-state index is 10.6. The molecule has 1 aliphatic rings. The number of hydrogen-bond donors (Lipinski definition) is 1. The third-order valence-electron chi connectivity index (χ3n) is 5.35. The maximum absolute atomic E-state index is 10.6. The SMILES string of the molecule is CCc1c(Br)c(-c2ccccc2)nn1CC1CCC(COCC(=O)O)CC1. The molecule has 146 valence electrons. The summed E-state index contributed by atoms with van der Waals surface area (Å²) in [5.41, 5.74) is 3.40. The molecule has 0 saturated heterocycles. The van der Waals surface area contributed by atoms with Crippen molar-refractivity contribution in [2.75, 3.05) is 13.2 Å². The smallest absolute Gasteiger partial charge is 0.329 e. The van der Waals surface area contributed by atoms with Crippen molar-refractivity contribution in [3.63, 3.8) is 0 Å². The Labute approximate surface area is 168 Å². The minimum absolute atomic E-state index is 0.191. The highest BCUT2D eigenvalue weighted by Crippen LogP contribution is 2.34. The fraction of sp³-hybridized carbons (Fsp3) is 0.524. The summed E-state index contributed by atoms with van der Waals surface area (Å²) in [4.78, 5) is 10.6. The van der Waals surface area contributed by atoms with Crippen LogP contribution in [0.3, 0.4) is 0 Å². The number of nitrogens with zero attached hydrogens (tertiary/aromatic N) is 2. The van der Waals surface area contributed by atoms with E-state index in [9.17, 15) is 4.79 Å². The lowest BCUT2D eigenvalue weighted by molar-refractivity contribution is -0.142. The Morgan fingerprint density at radius 2 is 1.89 bits per heavy atom. The predicted octanol–water partition coefficient (Wildman–Crippen LogP) is 4.78. The summed E-state index contributed by atoms with van der Waals surface area (Å²) in [7, 11) is 0. The molecule has 1 heterocycles. The molecule has 6 heteroatoms. The van der Waals surface area contributed by atoms with Gasteiger partial charge in [0.1, 0.15) is 12.3 Å². The van der Waals surface area contributed by atoms with E-state index in [2.05, 4.69) is 39.7 Å². The van der Waals surface area contributed by atoms with Crippen molar-refractivity contribution in [3.05, 3.63) is 40.5 Å². The van der Waals surface area contributed by atoms with Gasteiger partial charge in [0.05, 0.1) is 16.8 Å². The van der Waals surface area contributed by atoms with Crippen LogP contribution >= 0.6 is 15.9 Å². The van der Waals surface area contributed by atoms with Gasteiger partial charge in [0.15, 0.2) is 0 Å². The van der Waals surface area contributed by atoms with Crippen molar-refractivity contribution in [3.8, 4) is 11.3 Å². The zero-order chi connectivity index (χ0) is 19.2. The number of carboxylic acid groups (broad SMARTS) is 1. The second-order valence-corrected chi connectivity index (χ2v) is 8.10. The highest BCUT2D eigenvalue weighted by molar-refractivity contribution is 9.10. The van der Waals surface area contributed by atoms with Gasteiger partial charge >= 0.3 is 5.97 Å². The lowest BCUT2D eigenvalue weighted by Gasteiger charge is -2.28. The van der Waals surface area contributed by atoms with Crippen LogP contribution in [0.25, 0.3) is 11.3 Å². The lowest BCUT2D eigenvalue weighted by Crippen LogP contribution is -2.23. The molecule has 3 rings (SSSR count). The predicted molar refractivity (Wildman–Crippen MR) is 109 cm³/mol. The van der Waals surface area contributed by atoms with E-state index >= 15 is 0 Å². The first-order valence-electron chi connectivity index (χ1n) is 9.68. The molecule has 5 nitrogen and oxygen atoms in total. The Morgan fingerprint density at radius 1 is 1.22 bits per heavy atom. The summed E-state index contributed by atoms with van der Waals surface area (Å²) in [6.45, 7) is 3.48. The van der Waals surface area contributed by atoms with Crippen LogP contribution in [0.5, 0.6) is 0 Å². The molecular weight excluding hydrogens is 408 g/mol. The molecule has 1 N–H and O–H groups in total. The molecule has 1 aliphatic carbocycles. The van der Waals surface area contributed by atoms with Crippen molar-refractivity contribution in [2.45, 2.75) is 45.6 Å². The second-order valence-electron chi connectivity index (χ2n) is 7.31. The first kappa shape index (κ1) is 20.1. The molecular formula is C21H27BrN2O3. The number of carbonyl (C=O) groups is 1. The van der Waals surface area contributed by atoms with Crippen molar-refractivity contribution in [1.29, 1.82) is 0 Å². The fourth-order valence-electron chi connectivity index (χ4n) is 3.88. The Morgan fingerprint density at radius 3 is 2.52 bits per heavy atom. The third-order valence-corrected chi connectivity index (χ3v) is 6.19. The Bertz CT molecular complexity index is 752. The average molecular weight is 435 g/mol. The summed E-state index contributed by atoms with van der Waals surface area (Å²) < 4.78 is 8.55. The maximum Gasteiger partial charge on any atom is 0.329 e. The van der Waals surface area contributed by atoms with E-state index in [1.54, 1.807) is 0 Å². The number of hydrogen-bond acceptors (Lipinski definition) is 3.